The maximum atomic E-state index is 12.4. The molecule has 1 aliphatic rings. The maximum absolute atomic E-state index is 12.4. The van der Waals surface area contributed by atoms with Gasteiger partial charge in [0.1, 0.15) is 6.61 Å². The number of hydrogen-bond acceptors (Lipinski definition) is 6. The summed E-state index contributed by atoms with van der Waals surface area (Å²) in [5.74, 6) is -0.844. The second-order valence-electron chi connectivity index (χ2n) is 7.71. The van der Waals surface area contributed by atoms with Gasteiger partial charge in [-0.3, -0.25) is 4.79 Å². The summed E-state index contributed by atoms with van der Waals surface area (Å²) in [7, 11) is 1.69. The molecule has 0 aromatic heterocycles. The van der Waals surface area contributed by atoms with Gasteiger partial charge in [-0.1, -0.05) is 48.5 Å². The first-order chi connectivity index (χ1) is 16.1. The van der Waals surface area contributed by atoms with Crippen molar-refractivity contribution in [2.24, 2.45) is 0 Å². The Labute approximate surface area is 194 Å². The molecule has 2 aromatic rings. The first-order valence-electron chi connectivity index (χ1n) is 11.1. The van der Waals surface area contributed by atoms with Crippen LogP contribution in [0.1, 0.15) is 23.5 Å². The van der Waals surface area contributed by atoms with Gasteiger partial charge in [0.15, 0.2) is 0 Å². The smallest absolute Gasteiger partial charge is 0.409 e. The molecule has 8 nitrogen and oxygen atoms in total. The van der Waals surface area contributed by atoms with Gasteiger partial charge >= 0.3 is 12.1 Å². The molecule has 0 radical (unpaired) electrons. The number of ether oxygens (including phenoxy) is 4. The largest absolute Gasteiger partial charge is 0.481 e. The fourth-order valence-corrected chi connectivity index (χ4v) is 3.70. The summed E-state index contributed by atoms with van der Waals surface area (Å²) in [6.45, 7) is 2.77. The fraction of sp³-hybridized carbons (Fsp3) is 0.440. The molecule has 1 amide bonds. The van der Waals surface area contributed by atoms with Crippen LogP contribution in [-0.4, -0.2) is 81.9 Å². The van der Waals surface area contributed by atoms with E-state index in [4.69, 9.17) is 24.1 Å². The Morgan fingerprint density at radius 1 is 0.818 bits per heavy atom. The van der Waals surface area contributed by atoms with E-state index in [2.05, 4.69) is 24.3 Å². The van der Waals surface area contributed by atoms with Gasteiger partial charge in [-0.05, 0) is 22.3 Å². The highest BCUT2D eigenvalue weighted by molar-refractivity contribution is 5.79. The number of nitrogens with zero attached hydrogens (tertiary/aromatic N) is 1. The molecular formula is C25H31NO7. The lowest BCUT2D eigenvalue weighted by molar-refractivity contribution is -0.138. The molecule has 2 aromatic carbocycles. The van der Waals surface area contributed by atoms with E-state index in [1.807, 2.05) is 24.3 Å². The molecule has 0 bridgehead atoms. The molecule has 0 atom stereocenters. The first-order valence-corrected chi connectivity index (χ1v) is 11.1. The lowest BCUT2D eigenvalue weighted by Crippen LogP contribution is -2.32. The number of rotatable bonds is 14. The van der Waals surface area contributed by atoms with Crippen LogP contribution in [0.5, 0.6) is 0 Å². The zero-order chi connectivity index (χ0) is 23.5. The average Bonchev–Trinajstić information content (AvgIpc) is 3.14. The molecule has 0 fully saturated rings. The number of fused-ring (bicyclic) bond motifs is 3. The molecule has 178 valence electrons. The molecule has 1 aliphatic carbocycles. The van der Waals surface area contributed by atoms with E-state index in [1.165, 1.54) is 27.2 Å². The van der Waals surface area contributed by atoms with Gasteiger partial charge in [0.05, 0.1) is 46.1 Å². The van der Waals surface area contributed by atoms with Gasteiger partial charge in [-0.2, -0.15) is 0 Å². The normalized spacial score (nSPS) is 12.3. The summed E-state index contributed by atoms with van der Waals surface area (Å²) in [5, 5.41) is 8.50. The highest BCUT2D eigenvalue weighted by Crippen LogP contribution is 2.44. The van der Waals surface area contributed by atoms with Crippen LogP contribution in [0.3, 0.4) is 0 Å². The number of hydrogen-bond donors (Lipinski definition) is 1. The molecular weight excluding hydrogens is 426 g/mol. The van der Waals surface area contributed by atoms with Crippen LogP contribution in [0.4, 0.5) is 4.79 Å². The van der Waals surface area contributed by atoms with Crippen molar-refractivity contribution >= 4 is 12.1 Å². The number of benzene rings is 2. The minimum absolute atomic E-state index is 0.0136. The van der Waals surface area contributed by atoms with E-state index in [1.54, 1.807) is 7.05 Å². The van der Waals surface area contributed by atoms with E-state index in [0.29, 0.717) is 46.2 Å². The minimum Gasteiger partial charge on any atom is -0.481 e. The van der Waals surface area contributed by atoms with Crippen molar-refractivity contribution in [2.75, 3.05) is 59.8 Å². The molecule has 0 unspecified atom stereocenters. The Hall–Kier alpha value is -2.94. The molecule has 0 spiro atoms. The third-order valence-corrected chi connectivity index (χ3v) is 5.42. The number of likely N-dealkylation sites (N-methyl/N-ethyl adjacent to an activating group) is 1. The summed E-state index contributed by atoms with van der Waals surface area (Å²) in [6.07, 6.45) is -0.393. The number of carboxylic acid groups (broad SMARTS) is 1. The second-order valence-corrected chi connectivity index (χ2v) is 7.71. The summed E-state index contributed by atoms with van der Waals surface area (Å²) in [6, 6.07) is 16.5. The van der Waals surface area contributed by atoms with Gasteiger partial charge in [0, 0.05) is 19.5 Å². The molecule has 0 saturated carbocycles. The molecule has 33 heavy (non-hydrogen) atoms. The van der Waals surface area contributed by atoms with E-state index < -0.39 is 5.97 Å². The summed E-state index contributed by atoms with van der Waals surface area (Å²) in [4.78, 5) is 24.3. The lowest BCUT2D eigenvalue weighted by atomic mass is 9.98. The standard InChI is InChI=1S/C25H31NO7/c1-26(11-13-31-15-17-32-16-14-30-12-10-24(27)28)25(29)33-18-23-21-8-4-2-6-19(21)20-7-3-5-9-22(20)23/h2-9,23H,10-18H2,1H3,(H,27,28). The second kappa shape index (κ2) is 12.9. The van der Waals surface area contributed by atoms with Crippen molar-refractivity contribution in [3.8, 4) is 11.1 Å². The number of amides is 1. The van der Waals surface area contributed by atoms with Crippen molar-refractivity contribution in [3.63, 3.8) is 0 Å². The monoisotopic (exact) mass is 457 g/mol. The Balaban J connectivity index is 1.29. The van der Waals surface area contributed by atoms with Crippen molar-refractivity contribution in [1.82, 2.24) is 4.90 Å². The predicted molar refractivity (Wildman–Crippen MR) is 122 cm³/mol. The molecule has 0 saturated heterocycles. The average molecular weight is 458 g/mol. The van der Waals surface area contributed by atoms with Crippen LogP contribution in [0.15, 0.2) is 48.5 Å². The van der Waals surface area contributed by atoms with Crippen molar-refractivity contribution in [2.45, 2.75) is 12.3 Å². The topological polar surface area (TPSA) is 94.5 Å². The highest BCUT2D eigenvalue weighted by atomic mass is 16.6. The molecule has 8 heteroatoms. The fourth-order valence-electron chi connectivity index (χ4n) is 3.70. The van der Waals surface area contributed by atoms with Gasteiger partial charge in [0.25, 0.3) is 0 Å². The summed E-state index contributed by atoms with van der Waals surface area (Å²) in [5.41, 5.74) is 4.77. The van der Waals surface area contributed by atoms with Crippen LogP contribution in [0, 0.1) is 0 Å². The number of aliphatic carboxylic acids is 1. The third kappa shape index (κ3) is 7.28. The van der Waals surface area contributed by atoms with Crippen LogP contribution in [0.2, 0.25) is 0 Å². The Morgan fingerprint density at radius 2 is 1.33 bits per heavy atom. The van der Waals surface area contributed by atoms with Gasteiger partial charge in [-0.25, -0.2) is 4.79 Å². The molecule has 3 rings (SSSR count). The van der Waals surface area contributed by atoms with Crippen LogP contribution in [-0.2, 0) is 23.7 Å². The Kier molecular flexibility index (Phi) is 9.68. The Morgan fingerprint density at radius 3 is 1.91 bits per heavy atom. The quantitative estimate of drug-likeness (QED) is 0.435. The minimum atomic E-state index is -0.882. The van der Waals surface area contributed by atoms with E-state index in [-0.39, 0.29) is 25.0 Å². The van der Waals surface area contributed by atoms with E-state index in [9.17, 15) is 9.59 Å². The van der Waals surface area contributed by atoms with Gasteiger partial charge < -0.3 is 29.0 Å². The van der Waals surface area contributed by atoms with E-state index in [0.717, 1.165) is 0 Å². The van der Waals surface area contributed by atoms with Gasteiger partial charge in [-0.15, -0.1) is 0 Å². The third-order valence-electron chi connectivity index (χ3n) is 5.42. The van der Waals surface area contributed by atoms with Crippen molar-refractivity contribution in [3.05, 3.63) is 59.7 Å². The molecule has 0 aliphatic heterocycles. The predicted octanol–water partition coefficient (Wildman–Crippen LogP) is 3.39. The van der Waals surface area contributed by atoms with E-state index >= 15 is 0 Å². The number of carboxylic acids is 1. The zero-order valence-corrected chi connectivity index (χ0v) is 18.9. The SMILES string of the molecule is CN(CCOCCOCCOCCC(=O)O)C(=O)OCC1c2ccccc2-c2ccccc21. The lowest BCUT2D eigenvalue weighted by Gasteiger charge is -2.19. The number of carbonyl (C=O) groups is 2. The molecule has 1 N–H and O–H groups in total. The first kappa shape index (κ1) is 24.7. The van der Waals surface area contributed by atoms with Crippen LogP contribution in [0.25, 0.3) is 11.1 Å². The van der Waals surface area contributed by atoms with Gasteiger partial charge in [0.2, 0.25) is 0 Å². The summed E-state index contributed by atoms with van der Waals surface area (Å²) < 4.78 is 21.6. The van der Waals surface area contributed by atoms with Crippen molar-refractivity contribution < 1.29 is 33.6 Å². The zero-order valence-electron chi connectivity index (χ0n) is 18.9. The maximum Gasteiger partial charge on any atom is 0.409 e. The summed E-state index contributed by atoms with van der Waals surface area (Å²) >= 11 is 0. The van der Waals surface area contributed by atoms with Crippen molar-refractivity contribution in [1.29, 1.82) is 0 Å². The highest BCUT2D eigenvalue weighted by Gasteiger charge is 2.29. The molecule has 0 heterocycles. The Bertz CT molecular complexity index is 872. The van der Waals surface area contributed by atoms with Crippen LogP contribution >= 0.6 is 0 Å². The van der Waals surface area contributed by atoms with Crippen LogP contribution < -0.4 is 0 Å². The number of carbonyl (C=O) groups excluding carboxylic acids is 1.